The van der Waals surface area contributed by atoms with Crippen LogP contribution in [0.25, 0.3) is 5.69 Å². The summed E-state index contributed by atoms with van der Waals surface area (Å²) < 4.78 is 15.4. The molecule has 3 aromatic rings. The molecule has 166 valence electrons. The van der Waals surface area contributed by atoms with Crippen molar-refractivity contribution in [3.63, 3.8) is 0 Å². The van der Waals surface area contributed by atoms with Crippen molar-refractivity contribution in [1.29, 1.82) is 0 Å². The molecule has 5 rings (SSSR count). The van der Waals surface area contributed by atoms with Crippen LogP contribution in [0.3, 0.4) is 0 Å². The molecule has 1 spiro atoms. The van der Waals surface area contributed by atoms with Crippen LogP contribution in [0.4, 0.5) is 10.1 Å². The van der Waals surface area contributed by atoms with Gasteiger partial charge in [-0.25, -0.2) is 4.39 Å². The first-order valence-electron chi connectivity index (χ1n) is 11.1. The first-order valence-corrected chi connectivity index (χ1v) is 12.3. The third-order valence-corrected chi connectivity index (χ3v) is 7.92. The molecule has 6 heteroatoms. The van der Waals surface area contributed by atoms with E-state index in [1.807, 2.05) is 4.90 Å². The highest BCUT2D eigenvalue weighted by atomic mass is 32.2. The molecule has 0 aliphatic carbocycles. The summed E-state index contributed by atoms with van der Waals surface area (Å²) in [6, 6.07) is 15.2. The molecule has 1 saturated heterocycles. The minimum atomic E-state index is -0.229. The Bertz CT molecular complexity index is 1150. The highest BCUT2D eigenvalue weighted by molar-refractivity contribution is 7.99. The van der Waals surface area contributed by atoms with Gasteiger partial charge in [-0.15, -0.1) is 11.8 Å². The van der Waals surface area contributed by atoms with Gasteiger partial charge in [0.2, 0.25) is 5.91 Å². The fourth-order valence-corrected chi connectivity index (χ4v) is 5.83. The van der Waals surface area contributed by atoms with Gasteiger partial charge in [-0.1, -0.05) is 18.2 Å². The molecular formula is C26H28FN3OS. The zero-order valence-electron chi connectivity index (χ0n) is 18.5. The minimum absolute atomic E-state index is 0.143. The number of hydrogen-bond acceptors (Lipinski definition) is 3. The Labute approximate surface area is 192 Å². The van der Waals surface area contributed by atoms with E-state index in [-0.39, 0.29) is 17.3 Å². The normalized spacial score (nSPS) is 16.4. The monoisotopic (exact) mass is 449 g/mol. The lowest BCUT2D eigenvalue weighted by Crippen LogP contribution is -2.51. The third-order valence-electron chi connectivity index (χ3n) is 6.93. The summed E-state index contributed by atoms with van der Waals surface area (Å²) in [6.07, 6.45) is 3.93. The highest BCUT2D eigenvalue weighted by Gasteiger charge is 2.42. The maximum absolute atomic E-state index is 13.0. The SMILES string of the molecule is Cc1ccc2c(c1C)-n1cccc1C1(CCN(C(=O)CSCc3ccc(F)cc3)CC1)N2. The van der Waals surface area contributed by atoms with Crippen molar-refractivity contribution in [2.75, 3.05) is 24.2 Å². The second-order valence-electron chi connectivity index (χ2n) is 8.87. The van der Waals surface area contributed by atoms with Crippen LogP contribution in [0.5, 0.6) is 0 Å². The summed E-state index contributed by atoms with van der Waals surface area (Å²) >= 11 is 1.59. The van der Waals surface area contributed by atoms with Gasteiger partial charge in [0.1, 0.15) is 5.82 Å². The Kier molecular flexibility index (Phi) is 5.49. The van der Waals surface area contributed by atoms with Crippen molar-refractivity contribution < 1.29 is 9.18 Å². The lowest BCUT2D eigenvalue weighted by molar-refractivity contribution is -0.129. The molecule has 0 unspecified atom stereocenters. The molecule has 1 amide bonds. The first-order chi connectivity index (χ1) is 15.5. The standard InChI is InChI=1S/C26H28FN3OS/c1-18-5-10-22-25(19(18)2)30-13-3-4-23(30)26(28-22)11-14-29(15-12-26)24(31)17-32-16-20-6-8-21(27)9-7-20/h3-10,13,28H,11-12,14-17H2,1-2H3. The number of amides is 1. The number of likely N-dealkylation sites (tertiary alicyclic amines) is 1. The second-order valence-corrected chi connectivity index (χ2v) is 9.86. The molecule has 32 heavy (non-hydrogen) atoms. The third kappa shape index (κ3) is 3.71. The van der Waals surface area contributed by atoms with Gasteiger partial charge in [0, 0.05) is 30.7 Å². The molecule has 2 aliphatic heterocycles. The summed E-state index contributed by atoms with van der Waals surface area (Å²) in [5.74, 6) is 1.13. The van der Waals surface area contributed by atoms with Crippen molar-refractivity contribution in [1.82, 2.24) is 9.47 Å². The molecule has 1 N–H and O–H groups in total. The number of rotatable bonds is 4. The largest absolute Gasteiger partial charge is 0.372 e. The van der Waals surface area contributed by atoms with Gasteiger partial charge < -0.3 is 14.8 Å². The zero-order chi connectivity index (χ0) is 22.3. The van der Waals surface area contributed by atoms with E-state index in [9.17, 15) is 9.18 Å². The molecule has 1 aromatic heterocycles. The molecule has 2 aliphatic rings. The maximum Gasteiger partial charge on any atom is 0.232 e. The second kappa shape index (κ2) is 8.32. The van der Waals surface area contributed by atoms with Crippen molar-refractivity contribution in [2.45, 2.75) is 38.0 Å². The van der Waals surface area contributed by atoms with Crippen LogP contribution in [0.1, 0.15) is 35.2 Å². The number of aryl methyl sites for hydroxylation is 1. The van der Waals surface area contributed by atoms with Crippen LogP contribution in [0.2, 0.25) is 0 Å². The number of hydrogen-bond donors (Lipinski definition) is 1. The number of fused-ring (bicyclic) bond motifs is 4. The molecule has 0 bridgehead atoms. The van der Waals surface area contributed by atoms with Crippen molar-refractivity contribution in [3.8, 4) is 5.69 Å². The average molecular weight is 450 g/mol. The molecule has 3 heterocycles. The Balaban J connectivity index is 1.25. The lowest BCUT2D eigenvalue weighted by Gasteiger charge is -2.46. The van der Waals surface area contributed by atoms with Crippen LogP contribution in [0.15, 0.2) is 54.7 Å². The van der Waals surface area contributed by atoms with Gasteiger partial charge in [-0.2, -0.15) is 0 Å². The topological polar surface area (TPSA) is 37.3 Å². The summed E-state index contributed by atoms with van der Waals surface area (Å²) in [5.41, 5.74) is 7.19. The van der Waals surface area contributed by atoms with Crippen molar-refractivity contribution in [3.05, 3.63) is 82.9 Å². The number of piperidine rings is 1. The number of nitrogens with one attached hydrogen (secondary N) is 1. The maximum atomic E-state index is 13.0. The number of carbonyl (C=O) groups excluding carboxylic acids is 1. The number of benzene rings is 2. The smallest absolute Gasteiger partial charge is 0.232 e. The van der Waals surface area contributed by atoms with Crippen molar-refractivity contribution in [2.24, 2.45) is 0 Å². The van der Waals surface area contributed by atoms with Crippen LogP contribution in [-0.4, -0.2) is 34.2 Å². The van der Waals surface area contributed by atoms with E-state index in [0.717, 1.165) is 31.5 Å². The predicted molar refractivity (Wildman–Crippen MR) is 129 cm³/mol. The molecule has 0 saturated carbocycles. The highest BCUT2D eigenvalue weighted by Crippen LogP contribution is 2.44. The van der Waals surface area contributed by atoms with Gasteiger partial charge in [0.15, 0.2) is 0 Å². The first kappa shape index (κ1) is 21.1. The van der Waals surface area contributed by atoms with Crippen LogP contribution >= 0.6 is 11.8 Å². The molecule has 2 aromatic carbocycles. The van der Waals surface area contributed by atoms with Gasteiger partial charge in [-0.05, 0) is 73.7 Å². The minimum Gasteiger partial charge on any atom is -0.372 e. The molecule has 0 radical (unpaired) electrons. The van der Waals surface area contributed by atoms with E-state index in [2.05, 4.69) is 54.2 Å². The fourth-order valence-electron chi connectivity index (χ4n) is 4.95. The quantitative estimate of drug-likeness (QED) is 0.579. The molecule has 1 fully saturated rings. The Morgan fingerprint density at radius 3 is 2.59 bits per heavy atom. The van der Waals surface area contributed by atoms with Crippen LogP contribution < -0.4 is 5.32 Å². The number of nitrogens with zero attached hydrogens (tertiary/aromatic N) is 2. The number of anilines is 1. The van der Waals surface area contributed by atoms with Crippen LogP contribution in [0, 0.1) is 19.7 Å². The van der Waals surface area contributed by atoms with E-state index in [0.29, 0.717) is 11.5 Å². The van der Waals surface area contributed by atoms with Gasteiger partial charge in [0.25, 0.3) is 0 Å². The van der Waals surface area contributed by atoms with E-state index >= 15 is 0 Å². The Morgan fingerprint density at radius 1 is 1.09 bits per heavy atom. The van der Waals surface area contributed by atoms with E-state index in [4.69, 9.17) is 0 Å². The summed E-state index contributed by atoms with van der Waals surface area (Å²) in [4.78, 5) is 14.8. The lowest BCUT2D eigenvalue weighted by atomic mass is 9.82. The number of halogens is 1. The molecular weight excluding hydrogens is 421 g/mol. The summed E-state index contributed by atoms with van der Waals surface area (Å²) in [7, 11) is 0. The fraction of sp³-hybridized carbons (Fsp3) is 0.346. The average Bonchev–Trinajstić information content (AvgIpc) is 3.29. The van der Waals surface area contributed by atoms with Gasteiger partial charge >= 0.3 is 0 Å². The molecule has 0 atom stereocenters. The Morgan fingerprint density at radius 2 is 1.84 bits per heavy atom. The number of aromatic nitrogens is 1. The van der Waals surface area contributed by atoms with Gasteiger partial charge in [-0.3, -0.25) is 4.79 Å². The molecule has 4 nitrogen and oxygen atoms in total. The number of thioether (sulfide) groups is 1. The van der Waals surface area contributed by atoms with E-state index < -0.39 is 0 Å². The van der Waals surface area contributed by atoms with E-state index in [1.54, 1.807) is 23.9 Å². The predicted octanol–water partition coefficient (Wildman–Crippen LogP) is 5.41. The van der Waals surface area contributed by atoms with Crippen LogP contribution in [-0.2, 0) is 16.1 Å². The Hall–Kier alpha value is -2.73. The zero-order valence-corrected chi connectivity index (χ0v) is 19.3. The summed E-state index contributed by atoms with van der Waals surface area (Å²) in [6.45, 7) is 5.83. The van der Waals surface area contributed by atoms with E-state index in [1.165, 1.54) is 40.3 Å². The van der Waals surface area contributed by atoms with Gasteiger partial charge in [0.05, 0.1) is 22.7 Å². The van der Waals surface area contributed by atoms with Crippen molar-refractivity contribution >= 4 is 23.4 Å². The number of carbonyl (C=O) groups is 1. The summed E-state index contributed by atoms with van der Waals surface area (Å²) in [5, 5.41) is 3.86.